The van der Waals surface area contributed by atoms with Crippen LogP contribution >= 0.6 is 23.4 Å². The van der Waals surface area contributed by atoms with Crippen LogP contribution in [0.2, 0.25) is 5.02 Å². The fraction of sp³-hybridized carbons (Fsp3) is 0.549. The number of urea groups is 1. The molecule has 2 aliphatic carbocycles. The standard InChI is InChI=1S/C51H63ClN10O3S/c1-34-38(11-20-53)5-4-6-40(34)35(2)55-47-41-30-46(54-31-42(41)36(3)57-58-47)66-33-51(16-17-51)32-60-27-25-59(26-28-60)21-12-37-9-14-50(15-10-37)18-23-61(24-19-50)48(64)39-7-8-43(52)44(29-39)62-22-13-45(63)56-49(62)65/h4-8,29-31,35,37H,9-19,21-28,32-33H2,1-3H3,(H,55,58)(H,56,63,65)/t35-/m1/s1. The van der Waals surface area contributed by atoms with Crippen LogP contribution in [0.25, 0.3) is 10.8 Å². The SMILES string of the molecule is Cc1c(CC#N)cccc1[C@@H](C)Nc1nnc(C)c2cnc(SCC3(CN4CCN(CCC5CCC6(CC5)CCN(C(=O)c5ccc(Cl)c(N7CCC(=O)NC7=O)c5)CC6)CC4)CC3)cc12. The Kier molecular flexibility index (Phi) is 13.9. The molecule has 13 nitrogen and oxygen atoms in total. The van der Waals surface area contributed by atoms with E-state index >= 15 is 0 Å². The van der Waals surface area contributed by atoms with Crippen LogP contribution in [0.5, 0.6) is 0 Å². The van der Waals surface area contributed by atoms with Crippen molar-refractivity contribution in [3.63, 3.8) is 0 Å². The molecule has 5 fully saturated rings. The summed E-state index contributed by atoms with van der Waals surface area (Å²) >= 11 is 8.33. The summed E-state index contributed by atoms with van der Waals surface area (Å²) in [5, 5.41) is 27.8. The molecule has 1 spiro atoms. The Bertz CT molecular complexity index is 2500. The zero-order valence-corrected chi connectivity index (χ0v) is 40.3. The number of pyridine rings is 1. The highest BCUT2D eigenvalue weighted by molar-refractivity contribution is 7.99. The number of likely N-dealkylation sites (tertiary alicyclic amines) is 1. The van der Waals surface area contributed by atoms with Gasteiger partial charge in [-0.2, -0.15) is 10.4 Å². The van der Waals surface area contributed by atoms with Crippen molar-refractivity contribution in [1.29, 1.82) is 5.26 Å². The van der Waals surface area contributed by atoms with Gasteiger partial charge in [-0.3, -0.25) is 19.8 Å². The molecule has 5 heterocycles. The molecule has 4 amide bonds. The van der Waals surface area contributed by atoms with E-state index in [2.05, 4.69) is 62.7 Å². The number of aromatic nitrogens is 3. The lowest BCUT2D eigenvalue weighted by molar-refractivity contribution is -0.120. The molecule has 9 rings (SSSR count). The number of rotatable bonds is 14. The van der Waals surface area contributed by atoms with Crippen LogP contribution in [0.3, 0.4) is 0 Å². The normalized spacial score (nSPS) is 20.6. The van der Waals surface area contributed by atoms with E-state index in [0.717, 1.165) is 114 Å². The molecule has 0 unspecified atom stereocenters. The number of aryl methyl sites for hydroxylation is 1. The second kappa shape index (κ2) is 19.8. The summed E-state index contributed by atoms with van der Waals surface area (Å²) in [6, 6.07) is 15.2. The molecule has 2 N–H and O–H groups in total. The van der Waals surface area contributed by atoms with Gasteiger partial charge < -0.3 is 20.0 Å². The van der Waals surface area contributed by atoms with Crippen LogP contribution in [-0.4, -0.2) is 112 Å². The maximum atomic E-state index is 13.6. The quantitative estimate of drug-likeness (QED) is 0.117. The third-order valence-corrected chi connectivity index (χ3v) is 17.2. The summed E-state index contributed by atoms with van der Waals surface area (Å²) in [6.07, 6.45) is 13.5. The molecule has 2 aromatic heterocycles. The van der Waals surface area contributed by atoms with Gasteiger partial charge in [-0.15, -0.1) is 16.9 Å². The number of anilines is 2. The van der Waals surface area contributed by atoms with E-state index < -0.39 is 6.03 Å². The number of fused-ring (bicyclic) bond motifs is 1. The fourth-order valence-corrected chi connectivity index (χ4v) is 12.3. The highest BCUT2D eigenvalue weighted by Gasteiger charge is 2.44. The molecule has 66 heavy (non-hydrogen) atoms. The minimum Gasteiger partial charge on any atom is -0.362 e. The maximum Gasteiger partial charge on any atom is 0.328 e. The summed E-state index contributed by atoms with van der Waals surface area (Å²) in [6.45, 7) is 14.9. The highest BCUT2D eigenvalue weighted by atomic mass is 35.5. The topological polar surface area (TPSA) is 151 Å². The number of carbonyl (C=O) groups is 3. The first kappa shape index (κ1) is 46.3. The van der Waals surface area contributed by atoms with Crippen molar-refractivity contribution in [1.82, 2.24) is 35.2 Å². The molecular formula is C51H63ClN10O3S. The Balaban J connectivity index is 0.699. The fourth-order valence-electron chi connectivity index (χ4n) is 10.9. The number of nitrogens with zero attached hydrogens (tertiary/aromatic N) is 8. The smallest absolute Gasteiger partial charge is 0.328 e. The van der Waals surface area contributed by atoms with E-state index in [1.165, 1.54) is 56.4 Å². The molecule has 3 saturated heterocycles. The molecule has 2 aromatic carbocycles. The van der Waals surface area contributed by atoms with Crippen LogP contribution < -0.4 is 15.5 Å². The molecule has 1 atom stereocenters. The summed E-state index contributed by atoms with van der Waals surface area (Å²) in [7, 11) is 0. The maximum absolute atomic E-state index is 13.6. The van der Waals surface area contributed by atoms with Gasteiger partial charge >= 0.3 is 6.03 Å². The van der Waals surface area contributed by atoms with Crippen molar-refractivity contribution < 1.29 is 14.4 Å². The average molecular weight is 932 g/mol. The first-order valence-corrected chi connectivity index (χ1v) is 25.4. The van der Waals surface area contributed by atoms with Crippen molar-refractivity contribution >= 4 is 63.5 Å². The van der Waals surface area contributed by atoms with Crippen molar-refractivity contribution in [2.75, 3.05) is 74.9 Å². The lowest BCUT2D eigenvalue weighted by Crippen LogP contribution is -2.49. The number of nitrogens with one attached hydrogen (secondary N) is 2. The molecule has 15 heteroatoms. The Morgan fingerprint density at radius 2 is 1.71 bits per heavy atom. The minimum atomic E-state index is -0.509. The van der Waals surface area contributed by atoms with Gasteiger partial charge in [0.25, 0.3) is 5.91 Å². The summed E-state index contributed by atoms with van der Waals surface area (Å²) in [4.78, 5) is 51.5. The number of hydrogen-bond donors (Lipinski definition) is 2. The van der Waals surface area contributed by atoms with Gasteiger partial charge in [-0.05, 0) is 143 Å². The molecule has 5 aliphatic rings. The Morgan fingerprint density at radius 1 is 0.955 bits per heavy atom. The lowest BCUT2D eigenvalue weighted by atomic mass is 9.65. The largest absolute Gasteiger partial charge is 0.362 e. The zero-order chi connectivity index (χ0) is 46.0. The van der Waals surface area contributed by atoms with Gasteiger partial charge in [-0.25, -0.2) is 9.78 Å². The number of hydrogen-bond acceptors (Lipinski definition) is 11. The number of amides is 4. The van der Waals surface area contributed by atoms with E-state index in [9.17, 15) is 19.6 Å². The van der Waals surface area contributed by atoms with E-state index in [1.54, 1.807) is 18.2 Å². The van der Waals surface area contributed by atoms with Gasteiger partial charge in [0.05, 0.1) is 40.0 Å². The van der Waals surface area contributed by atoms with Gasteiger partial charge in [0.15, 0.2) is 5.82 Å². The van der Waals surface area contributed by atoms with Crippen molar-refractivity contribution in [3.8, 4) is 6.07 Å². The number of piperazine rings is 1. The predicted octanol–water partition coefficient (Wildman–Crippen LogP) is 8.97. The van der Waals surface area contributed by atoms with E-state index in [1.807, 2.05) is 41.9 Å². The van der Waals surface area contributed by atoms with E-state index in [-0.39, 0.29) is 30.8 Å². The molecule has 4 aromatic rings. The zero-order valence-electron chi connectivity index (χ0n) is 38.7. The van der Waals surface area contributed by atoms with Gasteiger partial charge in [-0.1, -0.05) is 29.8 Å². The number of piperidine rings is 1. The van der Waals surface area contributed by atoms with Crippen LogP contribution in [0.1, 0.15) is 110 Å². The van der Waals surface area contributed by atoms with Crippen molar-refractivity contribution in [2.45, 2.75) is 102 Å². The Morgan fingerprint density at radius 3 is 2.44 bits per heavy atom. The van der Waals surface area contributed by atoms with E-state index in [0.29, 0.717) is 33.5 Å². The first-order chi connectivity index (χ1) is 31.9. The first-order valence-electron chi connectivity index (χ1n) is 24.0. The molecule has 2 saturated carbocycles. The molecular weight excluding hydrogens is 868 g/mol. The third kappa shape index (κ3) is 10.3. The molecule has 348 valence electrons. The number of thioether (sulfide) groups is 1. The second-order valence-electron chi connectivity index (χ2n) is 19.9. The molecule has 0 bridgehead atoms. The summed E-state index contributed by atoms with van der Waals surface area (Å²) in [5.74, 6) is 2.28. The third-order valence-electron chi connectivity index (χ3n) is 15.6. The number of nitriles is 1. The number of halogens is 1. The van der Waals surface area contributed by atoms with Gasteiger partial charge in [0.1, 0.15) is 0 Å². The molecule has 0 radical (unpaired) electrons. The Hall–Kier alpha value is -4.81. The lowest BCUT2D eigenvalue weighted by Gasteiger charge is -2.46. The number of carbonyl (C=O) groups excluding carboxylic acids is 3. The molecule has 3 aliphatic heterocycles. The van der Waals surface area contributed by atoms with Crippen LogP contribution in [-0.2, 0) is 11.2 Å². The van der Waals surface area contributed by atoms with Crippen LogP contribution in [0, 0.1) is 41.9 Å². The van der Waals surface area contributed by atoms with Crippen molar-refractivity contribution in [3.05, 3.63) is 81.6 Å². The predicted molar refractivity (Wildman–Crippen MR) is 261 cm³/mol. The number of benzene rings is 2. The minimum absolute atomic E-state index is 0.00612. The number of imide groups is 1. The van der Waals surface area contributed by atoms with Crippen LogP contribution in [0.15, 0.2) is 53.7 Å². The highest BCUT2D eigenvalue weighted by Crippen LogP contribution is 2.50. The Labute approximate surface area is 398 Å². The second-order valence-corrected chi connectivity index (χ2v) is 21.3. The van der Waals surface area contributed by atoms with Crippen molar-refractivity contribution in [2.24, 2.45) is 16.7 Å². The van der Waals surface area contributed by atoms with Crippen LogP contribution in [0.4, 0.5) is 16.3 Å². The van der Waals surface area contributed by atoms with E-state index in [4.69, 9.17) is 16.6 Å². The monoisotopic (exact) mass is 930 g/mol. The van der Waals surface area contributed by atoms with Gasteiger partial charge in [0.2, 0.25) is 5.91 Å². The summed E-state index contributed by atoms with van der Waals surface area (Å²) in [5.41, 5.74) is 5.90. The average Bonchev–Trinajstić information content (AvgIpc) is 4.09. The van der Waals surface area contributed by atoms with Gasteiger partial charge in [0, 0.05) is 87.1 Å². The summed E-state index contributed by atoms with van der Waals surface area (Å²) < 4.78 is 0.